The Bertz CT molecular complexity index is 1100. The van der Waals surface area contributed by atoms with Gasteiger partial charge in [0.1, 0.15) is 5.52 Å². The summed E-state index contributed by atoms with van der Waals surface area (Å²) in [5, 5.41) is 7.97. The number of amides is 1. The van der Waals surface area contributed by atoms with Gasteiger partial charge in [-0.1, -0.05) is 36.9 Å². The van der Waals surface area contributed by atoms with E-state index in [0.717, 1.165) is 28.9 Å². The number of nitrogens with zero attached hydrogens (tertiary/aromatic N) is 4. The second-order valence-electron chi connectivity index (χ2n) is 7.05. The van der Waals surface area contributed by atoms with Crippen LogP contribution in [0.4, 0.5) is 5.69 Å². The maximum absolute atomic E-state index is 13.1. The molecule has 8 heteroatoms. The van der Waals surface area contributed by atoms with E-state index in [4.69, 9.17) is 4.98 Å². The van der Waals surface area contributed by atoms with Crippen molar-refractivity contribution in [1.82, 2.24) is 19.3 Å². The molecule has 0 spiro atoms. The van der Waals surface area contributed by atoms with Gasteiger partial charge in [0.25, 0.3) is 5.56 Å². The van der Waals surface area contributed by atoms with Gasteiger partial charge in [0, 0.05) is 18.8 Å². The zero-order chi connectivity index (χ0) is 21.1. The third-order valence-corrected chi connectivity index (χ3v) is 5.78. The van der Waals surface area contributed by atoms with E-state index in [1.54, 1.807) is 9.25 Å². The summed E-state index contributed by atoms with van der Waals surface area (Å²) in [4.78, 5) is 30.4. The number of para-hydroxylation sites is 1. The standard InChI is InChI=1S/C21H27N5O2S/c1-6-11-25-20(28)19-18(15(5)24-26(19)7-2)23-21(25)29-12-16(27)22-17-13(3)9-8-10-14(17)4/h8-10H,6-7,11-12H2,1-5H3,(H,22,27). The van der Waals surface area contributed by atoms with Gasteiger partial charge in [0.15, 0.2) is 10.7 Å². The highest BCUT2D eigenvalue weighted by Gasteiger charge is 2.18. The molecule has 29 heavy (non-hydrogen) atoms. The van der Waals surface area contributed by atoms with Crippen LogP contribution in [0.15, 0.2) is 28.2 Å². The average Bonchev–Trinajstić information content (AvgIpc) is 3.01. The summed E-state index contributed by atoms with van der Waals surface area (Å²) in [7, 11) is 0. The molecular weight excluding hydrogens is 386 g/mol. The van der Waals surface area contributed by atoms with E-state index >= 15 is 0 Å². The van der Waals surface area contributed by atoms with Crippen molar-refractivity contribution >= 4 is 34.4 Å². The first-order chi connectivity index (χ1) is 13.9. The Balaban J connectivity index is 1.89. The molecule has 0 radical (unpaired) electrons. The minimum atomic E-state index is -0.120. The fourth-order valence-corrected chi connectivity index (χ4v) is 4.18. The van der Waals surface area contributed by atoms with E-state index in [9.17, 15) is 9.59 Å². The first-order valence-corrected chi connectivity index (χ1v) is 10.8. The van der Waals surface area contributed by atoms with Gasteiger partial charge in [0.05, 0.1) is 11.4 Å². The third kappa shape index (κ3) is 4.22. The van der Waals surface area contributed by atoms with Crippen molar-refractivity contribution in [1.29, 1.82) is 0 Å². The van der Waals surface area contributed by atoms with E-state index in [1.165, 1.54) is 11.8 Å². The molecule has 1 amide bonds. The molecule has 0 atom stereocenters. The van der Waals surface area contributed by atoms with Crippen molar-refractivity contribution < 1.29 is 4.79 Å². The highest BCUT2D eigenvalue weighted by atomic mass is 32.2. The number of carbonyl (C=O) groups excluding carboxylic acids is 1. The normalized spacial score (nSPS) is 11.2. The average molecular weight is 414 g/mol. The quantitative estimate of drug-likeness (QED) is 0.472. The molecule has 3 aromatic rings. The van der Waals surface area contributed by atoms with Crippen LogP contribution in [0.1, 0.15) is 37.1 Å². The van der Waals surface area contributed by atoms with Crippen LogP contribution in [0.2, 0.25) is 0 Å². The molecule has 2 aromatic heterocycles. The Kier molecular flexibility index (Phi) is 6.42. The fourth-order valence-electron chi connectivity index (χ4n) is 3.37. The molecule has 3 rings (SSSR count). The number of anilines is 1. The molecule has 7 nitrogen and oxygen atoms in total. The van der Waals surface area contributed by atoms with E-state index < -0.39 is 0 Å². The molecule has 0 saturated heterocycles. The van der Waals surface area contributed by atoms with Crippen molar-refractivity contribution in [2.24, 2.45) is 0 Å². The number of thioether (sulfide) groups is 1. The van der Waals surface area contributed by atoms with Gasteiger partial charge in [0.2, 0.25) is 5.91 Å². The van der Waals surface area contributed by atoms with E-state index in [1.807, 2.05) is 52.8 Å². The number of benzene rings is 1. The molecule has 0 aliphatic carbocycles. The SMILES string of the molecule is CCCn1c(SCC(=O)Nc2c(C)cccc2C)nc2c(C)nn(CC)c2c1=O. The molecule has 0 unspecified atom stereocenters. The minimum Gasteiger partial charge on any atom is -0.325 e. The summed E-state index contributed by atoms with van der Waals surface area (Å²) in [5.41, 5.74) is 4.65. The van der Waals surface area contributed by atoms with Crippen LogP contribution in [0, 0.1) is 20.8 Å². The highest BCUT2D eigenvalue weighted by Crippen LogP contribution is 2.22. The van der Waals surface area contributed by atoms with E-state index in [0.29, 0.717) is 29.3 Å². The topological polar surface area (TPSA) is 81.8 Å². The largest absolute Gasteiger partial charge is 0.325 e. The molecule has 0 bridgehead atoms. The lowest BCUT2D eigenvalue weighted by atomic mass is 10.1. The maximum atomic E-state index is 13.1. The monoisotopic (exact) mass is 413 g/mol. The maximum Gasteiger partial charge on any atom is 0.280 e. The van der Waals surface area contributed by atoms with E-state index in [2.05, 4.69) is 10.4 Å². The fraction of sp³-hybridized carbons (Fsp3) is 0.429. The molecule has 0 saturated carbocycles. The van der Waals surface area contributed by atoms with Crippen molar-refractivity contribution in [2.45, 2.75) is 59.3 Å². The lowest BCUT2D eigenvalue weighted by Crippen LogP contribution is -2.25. The summed E-state index contributed by atoms with van der Waals surface area (Å²) in [5.74, 6) is 0.0573. The van der Waals surface area contributed by atoms with Crippen LogP contribution in [0.3, 0.4) is 0 Å². The van der Waals surface area contributed by atoms with E-state index in [-0.39, 0.29) is 17.2 Å². The van der Waals surface area contributed by atoms with Gasteiger partial charge in [-0.15, -0.1) is 0 Å². The summed E-state index contributed by atoms with van der Waals surface area (Å²) in [6.07, 6.45) is 0.800. The third-order valence-electron chi connectivity index (χ3n) is 4.81. The molecule has 154 valence electrons. The molecule has 1 N–H and O–H groups in total. The number of aryl methyl sites for hydroxylation is 4. The minimum absolute atomic E-state index is 0.100. The molecule has 2 heterocycles. The molecule has 1 aromatic carbocycles. The Morgan fingerprint density at radius 3 is 2.48 bits per heavy atom. The molecule has 0 aliphatic rings. The van der Waals surface area contributed by atoms with Crippen molar-refractivity contribution in [3.05, 3.63) is 45.4 Å². The van der Waals surface area contributed by atoms with Crippen LogP contribution in [0.5, 0.6) is 0 Å². The van der Waals surface area contributed by atoms with Gasteiger partial charge < -0.3 is 5.32 Å². The summed E-state index contributed by atoms with van der Waals surface area (Å²) >= 11 is 1.28. The second kappa shape index (κ2) is 8.82. The Labute approximate surface area is 174 Å². The molecule has 0 aliphatic heterocycles. The molecular formula is C21H27N5O2S. The van der Waals surface area contributed by atoms with Gasteiger partial charge in [-0.3, -0.25) is 18.8 Å². The smallest absolute Gasteiger partial charge is 0.280 e. The lowest BCUT2D eigenvalue weighted by Gasteiger charge is -2.13. The number of aromatic nitrogens is 4. The second-order valence-corrected chi connectivity index (χ2v) is 8.00. The van der Waals surface area contributed by atoms with Crippen molar-refractivity contribution in [3.63, 3.8) is 0 Å². The van der Waals surface area contributed by atoms with Crippen molar-refractivity contribution in [3.8, 4) is 0 Å². The Morgan fingerprint density at radius 2 is 1.86 bits per heavy atom. The van der Waals surface area contributed by atoms with Gasteiger partial charge >= 0.3 is 0 Å². The predicted molar refractivity (Wildman–Crippen MR) is 118 cm³/mol. The van der Waals surface area contributed by atoms with Crippen LogP contribution in [0.25, 0.3) is 11.0 Å². The van der Waals surface area contributed by atoms with Gasteiger partial charge in [-0.05, 0) is 45.2 Å². The molecule has 0 fully saturated rings. The number of fused-ring (bicyclic) bond motifs is 1. The van der Waals surface area contributed by atoms with Gasteiger partial charge in [-0.2, -0.15) is 5.10 Å². The van der Waals surface area contributed by atoms with Gasteiger partial charge in [-0.25, -0.2) is 4.98 Å². The van der Waals surface area contributed by atoms with Crippen LogP contribution >= 0.6 is 11.8 Å². The van der Waals surface area contributed by atoms with Crippen LogP contribution < -0.4 is 10.9 Å². The number of carbonyl (C=O) groups is 1. The summed E-state index contributed by atoms with van der Waals surface area (Å²) in [6, 6.07) is 5.91. The summed E-state index contributed by atoms with van der Waals surface area (Å²) < 4.78 is 3.36. The Hall–Kier alpha value is -2.61. The number of hydrogen-bond acceptors (Lipinski definition) is 5. The highest BCUT2D eigenvalue weighted by molar-refractivity contribution is 7.99. The first kappa shape index (κ1) is 21.1. The van der Waals surface area contributed by atoms with Crippen LogP contribution in [-0.2, 0) is 17.9 Å². The number of hydrogen-bond donors (Lipinski definition) is 1. The number of rotatable bonds is 7. The van der Waals surface area contributed by atoms with Crippen molar-refractivity contribution in [2.75, 3.05) is 11.1 Å². The lowest BCUT2D eigenvalue weighted by molar-refractivity contribution is -0.113. The van der Waals surface area contributed by atoms with Crippen LogP contribution in [-0.4, -0.2) is 31.0 Å². The Morgan fingerprint density at radius 1 is 1.17 bits per heavy atom. The zero-order valence-corrected chi connectivity index (χ0v) is 18.4. The first-order valence-electron chi connectivity index (χ1n) is 9.84. The zero-order valence-electron chi connectivity index (χ0n) is 17.6. The number of nitrogens with one attached hydrogen (secondary N) is 1. The summed E-state index contributed by atoms with van der Waals surface area (Å²) in [6.45, 7) is 10.9. The predicted octanol–water partition coefficient (Wildman–Crippen LogP) is 3.68.